The molecule has 13 heavy (non-hydrogen) atoms. The van der Waals surface area contributed by atoms with Crippen LogP contribution in [0.15, 0.2) is 18.2 Å². The summed E-state index contributed by atoms with van der Waals surface area (Å²) in [7, 11) is 0. The average molecular weight is 198 g/mol. The Labute approximate surface area is 82.3 Å². The van der Waals surface area contributed by atoms with Gasteiger partial charge in [0.25, 0.3) is 0 Å². The summed E-state index contributed by atoms with van der Waals surface area (Å²) < 4.78 is 0. The monoisotopic (exact) mass is 197 g/mol. The molecule has 0 radical (unpaired) electrons. The first kappa shape index (κ1) is 9.00. The molecule has 2 atom stereocenters. The summed E-state index contributed by atoms with van der Waals surface area (Å²) in [5, 5.41) is 10.4. The molecule has 1 aliphatic carbocycles. The topological polar surface area (TPSA) is 46.2 Å². The highest BCUT2D eigenvalue weighted by atomic mass is 35.5. The van der Waals surface area contributed by atoms with Crippen LogP contribution in [0.2, 0.25) is 5.02 Å². The lowest BCUT2D eigenvalue weighted by Gasteiger charge is -2.27. The second-order valence-electron chi connectivity index (χ2n) is 3.46. The summed E-state index contributed by atoms with van der Waals surface area (Å²) in [6.45, 7) is 0. The van der Waals surface area contributed by atoms with Crippen LogP contribution >= 0.6 is 11.6 Å². The van der Waals surface area contributed by atoms with Gasteiger partial charge in [0.2, 0.25) is 0 Å². The Morgan fingerprint density at radius 3 is 3.00 bits per heavy atom. The van der Waals surface area contributed by atoms with Crippen LogP contribution < -0.4 is 5.73 Å². The van der Waals surface area contributed by atoms with Gasteiger partial charge in [-0.3, -0.25) is 0 Å². The second kappa shape index (κ2) is 3.29. The van der Waals surface area contributed by atoms with Crippen molar-refractivity contribution in [2.75, 3.05) is 0 Å². The molecule has 1 aromatic rings. The quantitative estimate of drug-likeness (QED) is 0.665. The normalized spacial score (nSPS) is 27.0. The van der Waals surface area contributed by atoms with E-state index >= 15 is 0 Å². The summed E-state index contributed by atoms with van der Waals surface area (Å²) in [6, 6.07) is 5.52. The number of nitrogens with two attached hydrogens (primary N) is 1. The van der Waals surface area contributed by atoms with Crippen molar-refractivity contribution in [3.05, 3.63) is 34.3 Å². The Morgan fingerprint density at radius 1 is 1.46 bits per heavy atom. The van der Waals surface area contributed by atoms with Crippen molar-refractivity contribution in [2.24, 2.45) is 5.73 Å². The highest BCUT2D eigenvalue weighted by Gasteiger charge is 2.26. The van der Waals surface area contributed by atoms with Crippen LogP contribution in [-0.4, -0.2) is 11.1 Å². The average Bonchev–Trinajstić information content (AvgIpc) is 2.12. The van der Waals surface area contributed by atoms with Crippen molar-refractivity contribution >= 4 is 11.6 Å². The molecule has 0 amide bonds. The van der Waals surface area contributed by atoms with E-state index in [4.69, 9.17) is 17.3 Å². The van der Waals surface area contributed by atoms with Crippen LogP contribution in [0.4, 0.5) is 0 Å². The van der Waals surface area contributed by atoms with Crippen LogP contribution in [0.3, 0.4) is 0 Å². The molecule has 2 nitrogen and oxygen atoms in total. The minimum absolute atomic E-state index is 0.174. The molecule has 70 valence electrons. The van der Waals surface area contributed by atoms with Gasteiger partial charge in [0, 0.05) is 16.6 Å². The van der Waals surface area contributed by atoms with Gasteiger partial charge >= 0.3 is 0 Å². The fraction of sp³-hybridized carbons (Fsp3) is 0.400. The number of halogens is 1. The first-order valence-corrected chi connectivity index (χ1v) is 4.79. The van der Waals surface area contributed by atoms with Crippen molar-refractivity contribution < 1.29 is 5.11 Å². The molecule has 3 heteroatoms. The molecule has 0 bridgehead atoms. The number of aliphatic hydroxyl groups is 1. The Bertz CT molecular complexity index is 327. The molecule has 1 aliphatic rings. The Balaban J connectivity index is 2.51. The van der Waals surface area contributed by atoms with Gasteiger partial charge in [-0.15, -0.1) is 0 Å². The van der Waals surface area contributed by atoms with Gasteiger partial charge in [0.1, 0.15) is 0 Å². The van der Waals surface area contributed by atoms with Crippen molar-refractivity contribution in [1.82, 2.24) is 0 Å². The van der Waals surface area contributed by atoms with Gasteiger partial charge in [-0.25, -0.2) is 0 Å². The lowest BCUT2D eigenvalue weighted by molar-refractivity contribution is 0.134. The first-order valence-electron chi connectivity index (χ1n) is 4.41. The lowest BCUT2D eigenvalue weighted by atomic mass is 9.86. The largest absolute Gasteiger partial charge is 0.387 e. The highest BCUT2D eigenvalue weighted by Crippen LogP contribution is 2.33. The second-order valence-corrected chi connectivity index (χ2v) is 3.87. The molecule has 2 rings (SSSR count). The van der Waals surface area contributed by atoms with E-state index in [0.717, 1.165) is 24.0 Å². The Hall–Kier alpha value is -0.570. The molecule has 0 aliphatic heterocycles. The maximum atomic E-state index is 9.80. The van der Waals surface area contributed by atoms with Gasteiger partial charge in [-0.1, -0.05) is 23.7 Å². The zero-order chi connectivity index (χ0) is 9.42. The van der Waals surface area contributed by atoms with Crippen molar-refractivity contribution in [1.29, 1.82) is 0 Å². The molecular formula is C10H12ClNO. The first-order chi connectivity index (χ1) is 6.20. The zero-order valence-corrected chi connectivity index (χ0v) is 7.96. The van der Waals surface area contributed by atoms with Crippen LogP contribution in [0.25, 0.3) is 0 Å². The minimum Gasteiger partial charge on any atom is -0.387 e. The number of hydrogen-bond donors (Lipinski definition) is 2. The fourth-order valence-corrected chi connectivity index (χ4v) is 2.13. The molecule has 0 fully saturated rings. The Kier molecular flexibility index (Phi) is 2.28. The highest BCUT2D eigenvalue weighted by molar-refractivity contribution is 6.31. The molecule has 1 aromatic carbocycles. The standard InChI is InChI=1S/C10H12ClNO/c11-7-3-1-2-6-4-5-8(12)10(13)9(6)7/h1-3,8,10,13H,4-5,12H2/t8-,10+/m1/s1. The predicted molar refractivity (Wildman–Crippen MR) is 52.7 cm³/mol. The lowest BCUT2D eigenvalue weighted by Crippen LogP contribution is -2.33. The maximum absolute atomic E-state index is 9.80. The molecule has 0 saturated carbocycles. The van der Waals surface area contributed by atoms with E-state index in [1.54, 1.807) is 6.07 Å². The van der Waals surface area contributed by atoms with Gasteiger partial charge in [0.15, 0.2) is 0 Å². The van der Waals surface area contributed by atoms with E-state index in [-0.39, 0.29) is 6.04 Å². The van der Waals surface area contributed by atoms with Gasteiger partial charge in [0.05, 0.1) is 6.10 Å². The summed E-state index contributed by atoms with van der Waals surface area (Å²) in [6.07, 6.45) is 1.14. The van der Waals surface area contributed by atoms with Gasteiger partial charge in [-0.05, 0) is 24.5 Å². The van der Waals surface area contributed by atoms with Crippen LogP contribution in [0.1, 0.15) is 23.7 Å². The van der Waals surface area contributed by atoms with Crippen molar-refractivity contribution in [2.45, 2.75) is 25.0 Å². The van der Waals surface area contributed by atoms with Gasteiger partial charge in [-0.2, -0.15) is 0 Å². The Morgan fingerprint density at radius 2 is 2.23 bits per heavy atom. The van der Waals surface area contributed by atoms with Crippen molar-refractivity contribution in [3.63, 3.8) is 0 Å². The van der Waals surface area contributed by atoms with Crippen LogP contribution in [0.5, 0.6) is 0 Å². The number of benzene rings is 1. The van der Waals surface area contributed by atoms with E-state index in [1.807, 2.05) is 12.1 Å². The fourth-order valence-electron chi connectivity index (χ4n) is 1.83. The molecule has 0 saturated heterocycles. The minimum atomic E-state index is -0.600. The van der Waals surface area contributed by atoms with E-state index < -0.39 is 6.10 Å². The summed E-state index contributed by atoms with van der Waals surface area (Å²) in [4.78, 5) is 0. The van der Waals surface area contributed by atoms with Crippen LogP contribution in [0, 0.1) is 0 Å². The van der Waals surface area contributed by atoms with E-state index in [9.17, 15) is 5.11 Å². The van der Waals surface area contributed by atoms with Gasteiger partial charge < -0.3 is 10.8 Å². The third-order valence-corrected chi connectivity index (χ3v) is 2.92. The SMILES string of the molecule is N[C@@H]1CCc2cccc(Cl)c2[C@H]1O. The molecule has 3 N–H and O–H groups in total. The number of hydrogen-bond acceptors (Lipinski definition) is 2. The smallest absolute Gasteiger partial charge is 0.0957 e. The number of aryl methyl sites for hydroxylation is 1. The third kappa shape index (κ3) is 1.46. The van der Waals surface area contributed by atoms with E-state index in [1.165, 1.54) is 0 Å². The number of rotatable bonds is 0. The molecule has 0 heterocycles. The van der Waals surface area contributed by atoms with E-state index in [2.05, 4.69) is 0 Å². The summed E-state index contributed by atoms with van der Waals surface area (Å²) >= 11 is 5.99. The molecular weight excluding hydrogens is 186 g/mol. The van der Waals surface area contributed by atoms with E-state index in [0.29, 0.717) is 5.02 Å². The molecule has 0 unspecified atom stereocenters. The maximum Gasteiger partial charge on any atom is 0.0957 e. The molecule has 0 spiro atoms. The van der Waals surface area contributed by atoms with Crippen molar-refractivity contribution in [3.8, 4) is 0 Å². The third-order valence-electron chi connectivity index (χ3n) is 2.59. The number of fused-ring (bicyclic) bond motifs is 1. The van der Waals surface area contributed by atoms with Crippen LogP contribution in [-0.2, 0) is 6.42 Å². The molecule has 0 aromatic heterocycles. The number of aliphatic hydroxyl groups excluding tert-OH is 1. The summed E-state index contributed by atoms with van der Waals surface area (Å²) in [5.74, 6) is 0. The summed E-state index contributed by atoms with van der Waals surface area (Å²) in [5.41, 5.74) is 7.70. The predicted octanol–water partition coefficient (Wildman–Crippen LogP) is 1.65. The zero-order valence-electron chi connectivity index (χ0n) is 7.20.